The van der Waals surface area contributed by atoms with Gasteiger partial charge in [-0.05, 0) is 57.0 Å². The molecule has 4 rings (SSSR count). The summed E-state index contributed by atoms with van der Waals surface area (Å²) in [4.78, 5) is 17.4. The van der Waals surface area contributed by atoms with E-state index in [0.29, 0.717) is 5.92 Å². The van der Waals surface area contributed by atoms with Gasteiger partial charge >= 0.3 is 0 Å². The zero-order chi connectivity index (χ0) is 17.4. The van der Waals surface area contributed by atoms with Crippen LogP contribution in [0.1, 0.15) is 36.9 Å². The van der Waals surface area contributed by atoms with Crippen molar-refractivity contribution in [3.8, 4) is 0 Å². The molecule has 0 saturated carbocycles. The molecular weight excluding hydrogens is 312 g/mol. The smallest absolute Gasteiger partial charge is 0.244 e. The maximum atomic E-state index is 13.0. The molecular formula is C20H26N4O. The highest BCUT2D eigenvalue weighted by Gasteiger charge is 2.33. The molecule has 1 unspecified atom stereocenters. The van der Waals surface area contributed by atoms with Gasteiger partial charge in [0.15, 0.2) is 0 Å². The number of aryl methyl sites for hydroxylation is 1. The van der Waals surface area contributed by atoms with E-state index in [1.807, 2.05) is 28.9 Å². The van der Waals surface area contributed by atoms with Crippen LogP contribution in [0.3, 0.4) is 0 Å². The third-order valence-electron chi connectivity index (χ3n) is 5.86. The number of hydrogen-bond donors (Lipinski definition) is 0. The van der Waals surface area contributed by atoms with Crippen molar-refractivity contribution in [1.82, 2.24) is 14.7 Å². The Balaban J connectivity index is 1.40. The lowest BCUT2D eigenvalue weighted by Gasteiger charge is -2.36. The monoisotopic (exact) mass is 338 g/mol. The molecule has 0 bridgehead atoms. The topological polar surface area (TPSA) is 41.4 Å². The van der Waals surface area contributed by atoms with Crippen molar-refractivity contribution in [2.45, 2.75) is 38.1 Å². The zero-order valence-electron chi connectivity index (χ0n) is 15.1. The molecule has 132 valence electrons. The summed E-state index contributed by atoms with van der Waals surface area (Å²) in [6, 6.07) is 10.3. The van der Waals surface area contributed by atoms with Gasteiger partial charge in [-0.3, -0.25) is 14.4 Å². The third-order valence-corrected chi connectivity index (χ3v) is 5.86. The number of carbonyl (C=O) groups is 1. The molecule has 2 aliphatic rings. The first kappa shape index (κ1) is 16.3. The standard InChI is InChI=1S/C20H26N4O/c1-15(20(25)24-14-10-16-5-3-4-6-19(16)24)23-12-8-17(9-13-23)18-7-11-21-22(18)2/h3-7,11,15,17H,8-10,12-14H2,1-2H3. The molecule has 5 heteroatoms. The van der Waals surface area contributed by atoms with Gasteiger partial charge in [0.2, 0.25) is 5.91 Å². The fourth-order valence-corrected chi connectivity index (χ4v) is 4.32. The number of carbonyl (C=O) groups excluding carboxylic acids is 1. The molecule has 2 aliphatic heterocycles. The van der Waals surface area contributed by atoms with E-state index in [2.05, 4.69) is 41.2 Å². The summed E-state index contributed by atoms with van der Waals surface area (Å²) >= 11 is 0. The van der Waals surface area contributed by atoms with Crippen LogP contribution in [-0.4, -0.2) is 46.3 Å². The molecule has 1 amide bonds. The van der Waals surface area contributed by atoms with Crippen LogP contribution in [-0.2, 0) is 18.3 Å². The van der Waals surface area contributed by atoms with Crippen molar-refractivity contribution in [2.75, 3.05) is 24.5 Å². The maximum Gasteiger partial charge on any atom is 0.244 e. The molecule has 1 aromatic heterocycles. The van der Waals surface area contributed by atoms with Crippen molar-refractivity contribution in [1.29, 1.82) is 0 Å². The van der Waals surface area contributed by atoms with Crippen LogP contribution in [0.5, 0.6) is 0 Å². The number of aromatic nitrogens is 2. The lowest BCUT2D eigenvalue weighted by molar-refractivity contribution is -0.123. The maximum absolute atomic E-state index is 13.0. The molecule has 1 aromatic carbocycles. The minimum Gasteiger partial charge on any atom is -0.310 e. The number of amides is 1. The number of likely N-dealkylation sites (tertiary alicyclic amines) is 1. The van der Waals surface area contributed by atoms with Gasteiger partial charge in [0.25, 0.3) is 0 Å². The van der Waals surface area contributed by atoms with Crippen LogP contribution in [0.25, 0.3) is 0 Å². The summed E-state index contributed by atoms with van der Waals surface area (Å²) in [6.45, 7) is 4.82. The number of nitrogens with zero attached hydrogens (tertiary/aromatic N) is 4. The molecule has 2 aromatic rings. The average Bonchev–Trinajstić information content (AvgIpc) is 3.27. The summed E-state index contributed by atoms with van der Waals surface area (Å²) < 4.78 is 1.98. The van der Waals surface area contributed by atoms with Gasteiger partial charge in [-0.15, -0.1) is 0 Å². The highest BCUT2D eigenvalue weighted by atomic mass is 16.2. The largest absolute Gasteiger partial charge is 0.310 e. The average molecular weight is 338 g/mol. The van der Waals surface area contributed by atoms with E-state index in [1.54, 1.807) is 0 Å². The third kappa shape index (κ3) is 2.97. The van der Waals surface area contributed by atoms with Gasteiger partial charge in [0.1, 0.15) is 0 Å². The number of benzene rings is 1. The Bertz CT molecular complexity index is 761. The second-order valence-electron chi connectivity index (χ2n) is 7.23. The molecule has 1 fully saturated rings. The Morgan fingerprint density at radius 1 is 1.16 bits per heavy atom. The van der Waals surface area contributed by atoms with Gasteiger partial charge in [0.05, 0.1) is 6.04 Å². The predicted molar refractivity (Wildman–Crippen MR) is 98.7 cm³/mol. The quantitative estimate of drug-likeness (QED) is 0.864. The Morgan fingerprint density at radius 3 is 2.64 bits per heavy atom. The van der Waals surface area contributed by atoms with E-state index in [0.717, 1.165) is 44.6 Å². The van der Waals surface area contributed by atoms with Crippen LogP contribution in [0.2, 0.25) is 0 Å². The number of piperidine rings is 1. The van der Waals surface area contributed by atoms with Crippen LogP contribution >= 0.6 is 0 Å². The van der Waals surface area contributed by atoms with Gasteiger partial charge < -0.3 is 4.90 Å². The van der Waals surface area contributed by atoms with Crippen LogP contribution in [0.4, 0.5) is 5.69 Å². The van der Waals surface area contributed by atoms with Crippen molar-refractivity contribution >= 4 is 11.6 Å². The Kier molecular flexibility index (Phi) is 4.34. The molecule has 1 saturated heterocycles. The van der Waals surface area contributed by atoms with Crippen LogP contribution in [0.15, 0.2) is 36.5 Å². The Labute approximate surface area is 149 Å². The Morgan fingerprint density at radius 2 is 1.92 bits per heavy atom. The predicted octanol–water partition coefficient (Wildman–Crippen LogP) is 2.58. The second kappa shape index (κ2) is 6.64. The van der Waals surface area contributed by atoms with Gasteiger partial charge in [-0.1, -0.05) is 18.2 Å². The first-order valence-corrected chi connectivity index (χ1v) is 9.26. The van der Waals surface area contributed by atoms with E-state index in [9.17, 15) is 4.79 Å². The van der Waals surface area contributed by atoms with E-state index >= 15 is 0 Å². The minimum absolute atomic E-state index is 0.0568. The number of fused-ring (bicyclic) bond motifs is 1. The summed E-state index contributed by atoms with van der Waals surface area (Å²) in [5.74, 6) is 0.794. The van der Waals surface area contributed by atoms with Gasteiger partial charge in [0, 0.05) is 37.1 Å². The molecule has 3 heterocycles. The second-order valence-corrected chi connectivity index (χ2v) is 7.23. The lowest BCUT2D eigenvalue weighted by atomic mass is 9.92. The SMILES string of the molecule is CC(C(=O)N1CCc2ccccc21)N1CCC(c2ccnn2C)CC1. The lowest BCUT2D eigenvalue weighted by Crippen LogP contribution is -2.49. The van der Waals surface area contributed by atoms with Crippen molar-refractivity contribution in [3.05, 3.63) is 47.8 Å². The van der Waals surface area contributed by atoms with E-state index in [1.165, 1.54) is 11.3 Å². The fourth-order valence-electron chi connectivity index (χ4n) is 4.32. The van der Waals surface area contributed by atoms with Crippen molar-refractivity contribution in [2.24, 2.45) is 7.05 Å². The molecule has 0 radical (unpaired) electrons. The summed E-state index contributed by atoms with van der Waals surface area (Å²) in [7, 11) is 2.01. The molecule has 25 heavy (non-hydrogen) atoms. The summed E-state index contributed by atoms with van der Waals surface area (Å²) in [6.07, 6.45) is 5.03. The van der Waals surface area contributed by atoms with Gasteiger partial charge in [-0.2, -0.15) is 5.10 Å². The van der Waals surface area contributed by atoms with Crippen LogP contribution in [0, 0.1) is 0 Å². The normalized spacial score (nSPS) is 19.8. The number of rotatable bonds is 3. The fraction of sp³-hybridized carbons (Fsp3) is 0.500. The first-order chi connectivity index (χ1) is 12.1. The number of anilines is 1. The van der Waals surface area contributed by atoms with E-state index in [-0.39, 0.29) is 11.9 Å². The molecule has 1 atom stereocenters. The number of para-hydroxylation sites is 1. The Hall–Kier alpha value is -2.14. The first-order valence-electron chi connectivity index (χ1n) is 9.26. The van der Waals surface area contributed by atoms with Crippen molar-refractivity contribution in [3.63, 3.8) is 0 Å². The van der Waals surface area contributed by atoms with Crippen molar-refractivity contribution < 1.29 is 4.79 Å². The van der Waals surface area contributed by atoms with Gasteiger partial charge in [-0.25, -0.2) is 0 Å². The molecule has 0 aliphatic carbocycles. The number of hydrogen-bond acceptors (Lipinski definition) is 3. The van der Waals surface area contributed by atoms with E-state index < -0.39 is 0 Å². The minimum atomic E-state index is -0.0568. The summed E-state index contributed by atoms with van der Waals surface area (Å²) in [5, 5.41) is 4.29. The molecule has 0 N–H and O–H groups in total. The molecule has 5 nitrogen and oxygen atoms in total. The summed E-state index contributed by atoms with van der Waals surface area (Å²) in [5.41, 5.74) is 3.70. The van der Waals surface area contributed by atoms with Crippen LogP contribution < -0.4 is 4.90 Å². The zero-order valence-corrected chi connectivity index (χ0v) is 15.1. The van der Waals surface area contributed by atoms with E-state index in [4.69, 9.17) is 0 Å². The highest BCUT2D eigenvalue weighted by molar-refractivity contribution is 5.98. The highest BCUT2D eigenvalue weighted by Crippen LogP contribution is 2.31. The molecule has 0 spiro atoms.